The van der Waals surface area contributed by atoms with Gasteiger partial charge in [0.15, 0.2) is 0 Å². The molecular weight excluding hydrogens is 426 g/mol. The Morgan fingerprint density at radius 1 is 1.07 bits per heavy atom. The van der Waals surface area contributed by atoms with Gasteiger partial charge in [0.25, 0.3) is 5.91 Å². The molecule has 3 aromatic rings. The normalized spacial score (nSPS) is 11.5. The first-order chi connectivity index (χ1) is 13.4. The number of aromatic nitrogens is 2. The fraction of sp³-hybridized carbons (Fsp3) is 0.0526. The highest BCUT2D eigenvalue weighted by molar-refractivity contribution is 6.42. The molecule has 1 N–H and O–H groups in total. The molecule has 1 aromatic heterocycles. The first kappa shape index (κ1) is 20.0. The average Bonchev–Trinajstić information content (AvgIpc) is 2.69. The topological polar surface area (TPSA) is 78.7 Å². The third-order valence-corrected chi connectivity index (χ3v) is 4.77. The van der Waals surface area contributed by atoms with Crippen LogP contribution in [-0.2, 0) is 0 Å². The molecule has 5 nitrogen and oxygen atoms in total. The summed E-state index contributed by atoms with van der Waals surface area (Å²) in [7, 11) is 0. The summed E-state index contributed by atoms with van der Waals surface area (Å²) in [6, 6.07) is 9.40. The van der Waals surface area contributed by atoms with Crippen LogP contribution >= 0.6 is 34.8 Å². The van der Waals surface area contributed by atoms with Gasteiger partial charge < -0.3 is 5.32 Å². The van der Waals surface area contributed by atoms with Crippen molar-refractivity contribution in [2.24, 2.45) is 0 Å². The molecule has 0 spiro atoms. The largest absolute Gasteiger partial charge is 0.339 e. The van der Waals surface area contributed by atoms with Crippen LogP contribution in [0.4, 0.5) is 4.39 Å². The highest BCUT2D eigenvalue weighted by Crippen LogP contribution is 2.28. The van der Waals surface area contributed by atoms with Crippen LogP contribution in [0.25, 0.3) is 0 Å². The number of amides is 1. The van der Waals surface area contributed by atoms with E-state index in [0.717, 1.165) is 6.07 Å². The maximum Gasteiger partial charge on any atom is 0.252 e. The lowest BCUT2D eigenvalue weighted by Crippen LogP contribution is -2.30. The van der Waals surface area contributed by atoms with Crippen LogP contribution in [0.1, 0.15) is 33.2 Å². The second kappa shape index (κ2) is 8.53. The first-order valence-corrected chi connectivity index (χ1v) is 8.95. The minimum atomic E-state index is -0.785. The van der Waals surface area contributed by atoms with Gasteiger partial charge in [-0.1, -0.05) is 40.9 Å². The Labute approximate surface area is 174 Å². The monoisotopic (exact) mass is 434 g/mol. The second-order valence-electron chi connectivity index (χ2n) is 5.65. The molecule has 1 atom stereocenters. The summed E-state index contributed by atoms with van der Waals surface area (Å²) in [5.74, 6) is -1.36. The van der Waals surface area contributed by atoms with E-state index in [9.17, 15) is 9.18 Å². The van der Waals surface area contributed by atoms with E-state index in [1.165, 1.54) is 24.5 Å². The maximum absolute atomic E-state index is 13.9. The van der Waals surface area contributed by atoms with E-state index in [-0.39, 0.29) is 16.3 Å². The number of halogens is 4. The van der Waals surface area contributed by atoms with Gasteiger partial charge in [-0.2, -0.15) is 5.26 Å². The van der Waals surface area contributed by atoms with Crippen molar-refractivity contribution in [1.82, 2.24) is 15.3 Å². The van der Waals surface area contributed by atoms with E-state index in [2.05, 4.69) is 15.3 Å². The summed E-state index contributed by atoms with van der Waals surface area (Å²) in [6.45, 7) is 0. The Bertz CT molecular complexity index is 1080. The minimum Gasteiger partial charge on any atom is -0.339 e. The van der Waals surface area contributed by atoms with Crippen LogP contribution < -0.4 is 5.32 Å². The highest BCUT2D eigenvalue weighted by atomic mass is 35.5. The summed E-state index contributed by atoms with van der Waals surface area (Å²) in [4.78, 5) is 20.9. The lowest BCUT2D eigenvalue weighted by atomic mass is 10.0. The molecule has 0 aliphatic rings. The summed E-state index contributed by atoms with van der Waals surface area (Å²) >= 11 is 17.9. The SMILES string of the molecule is N#Cc1ccc(C(=O)N[C@@H](c2ccc(Cl)c(Cl)c2)c2cnc(Cl)cn2)cc1F. The molecule has 1 amide bonds. The highest BCUT2D eigenvalue weighted by Gasteiger charge is 2.21. The van der Waals surface area contributed by atoms with Crippen molar-refractivity contribution in [3.8, 4) is 6.07 Å². The van der Waals surface area contributed by atoms with Gasteiger partial charge in [0.2, 0.25) is 0 Å². The molecule has 2 aromatic carbocycles. The second-order valence-corrected chi connectivity index (χ2v) is 6.85. The van der Waals surface area contributed by atoms with E-state index in [0.29, 0.717) is 21.3 Å². The molecule has 140 valence electrons. The van der Waals surface area contributed by atoms with Gasteiger partial charge >= 0.3 is 0 Å². The zero-order valence-electron chi connectivity index (χ0n) is 14.0. The Balaban J connectivity index is 1.98. The van der Waals surface area contributed by atoms with Crippen LogP contribution in [-0.4, -0.2) is 15.9 Å². The number of carbonyl (C=O) groups is 1. The molecule has 0 aliphatic carbocycles. The molecular formula is C19H10Cl3FN4O. The van der Waals surface area contributed by atoms with E-state index in [1.54, 1.807) is 24.3 Å². The lowest BCUT2D eigenvalue weighted by Gasteiger charge is -2.19. The van der Waals surface area contributed by atoms with Gasteiger partial charge in [-0.25, -0.2) is 9.37 Å². The van der Waals surface area contributed by atoms with Gasteiger partial charge in [-0.05, 0) is 35.9 Å². The summed E-state index contributed by atoms with van der Waals surface area (Å²) in [5, 5.41) is 12.4. The fourth-order valence-electron chi connectivity index (χ4n) is 2.45. The Morgan fingerprint density at radius 2 is 1.86 bits per heavy atom. The van der Waals surface area contributed by atoms with Crippen molar-refractivity contribution in [3.63, 3.8) is 0 Å². The van der Waals surface area contributed by atoms with Gasteiger partial charge in [0.1, 0.15) is 17.0 Å². The molecule has 1 heterocycles. The molecule has 0 bridgehead atoms. The number of benzene rings is 2. The Hall–Kier alpha value is -2.72. The molecule has 0 saturated carbocycles. The van der Waals surface area contributed by atoms with E-state index in [4.69, 9.17) is 40.1 Å². The number of nitrogens with zero attached hydrogens (tertiary/aromatic N) is 3. The van der Waals surface area contributed by atoms with Crippen molar-refractivity contribution in [3.05, 3.63) is 92.2 Å². The molecule has 3 rings (SSSR count). The predicted molar refractivity (Wildman–Crippen MR) is 104 cm³/mol. The van der Waals surface area contributed by atoms with Gasteiger partial charge in [0, 0.05) is 5.56 Å². The zero-order chi connectivity index (χ0) is 20.3. The van der Waals surface area contributed by atoms with Gasteiger partial charge in [0.05, 0.1) is 39.7 Å². The van der Waals surface area contributed by atoms with Crippen molar-refractivity contribution in [1.29, 1.82) is 5.26 Å². The third kappa shape index (κ3) is 4.39. The summed E-state index contributed by atoms with van der Waals surface area (Å²) in [5.41, 5.74) is 0.878. The van der Waals surface area contributed by atoms with Crippen molar-refractivity contribution < 1.29 is 9.18 Å². The fourth-order valence-corrected chi connectivity index (χ4v) is 2.86. The van der Waals surface area contributed by atoms with Crippen LogP contribution in [0.15, 0.2) is 48.8 Å². The Morgan fingerprint density at radius 3 is 2.46 bits per heavy atom. The molecule has 9 heteroatoms. The molecule has 0 unspecified atom stereocenters. The van der Waals surface area contributed by atoms with Crippen LogP contribution in [0, 0.1) is 17.1 Å². The molecule has 0 aliphatic heterocycles. The van der Waals surface area contributed by atoms with Crippen molar-refractivity contribution in [2.75, 3.05) is 0 Å². The Kier molecular flexibility index (Phi) is 6.10. The number of carbonyl (C=O) groups excluding carboxylic acids is 1. The number of nitriles is 1. The maximum atomic E-state index is 13.9. The van der Waals surface area contributed by atoms with Crippen LogP contribution in [0.5, 0.6) is 0 Å². The molecule has 28 heavy (non-hydrogen) atoms. The lowest BCUT2D eigenvalue weighted by molar-refractivity contribution is 0.0942. The average molecular weight is 436 g/mol. The summed E-state index contributed by atoms with van der Waals surface area (Å²) < 4.78 is 13.9. The quantitative estimate of drug-likeness (QED) is 0.628. The van der Waals surface area contributed by atoms with Gasteiger partial charge in [-0.3, -0.25) is 9.78 Å². The van der Waals surface area contributed by atoms with Crippen LogP contribution in [0.3, 0.4) is 0 Å². The van der Waals surface area contributed by atoms with Crippen molar-refractivity contribution in [2.45, 2.75) is 6.04 Å². The van der Waals surface area contributed by atoms with Crippen LogP contribution in [0.2, 0.25) is 15.2 Å². The standard InChI is InChI=1S/C19H10Cl3FN4O/c20-13-4-3-10(5-14(13)21)18(16-8-26-17(22)9-25-16)27-19(28)11-1-2-12(7-24)15(23)6-11/h1-6,8-9,18H,(H,27,28)/t18-/m0/s1. The molecule has 0 saturated heterocycles. The third-order valence-electron chi connectivity index (χ3n) is 3.84. The van der Waals surface area contributed by atoms with E-state index < -0.39 is 17.8 Å². The smallest absolute Gasteiger partial charge is 0.252 e. The van der Waals surface area contributed by atoms with Crippen molar-refractivity contribution >= 4 is 40.7 Å². The number of hydrogen-bond donors (Lipinski definition) is 1. The van der Waals surface area contributed by atoms with E-state index in [1.807, 2.05) is 0 Å². The minimum absolute atomic E-state index is 0.0449. The van der Waals surface area contributed by atoms with Gasteiger partial charge in [-0.15, -0.1) is 0 Å². The number of nitrogens with one attached hydrogen (secondary N) is 1. The summed E-state index contributed by atoms with van der Waals surface area (Å²) in [6.07, 6.45) is 2.75. The number of hydrogen-bond acceptors (Lipinski definition) is 4. The first-order valence-electron chi connectivity index (χ1n) is 7.82. The molecule has 0 radical (unpaired) electrons. The van der Waals surface area contributed by atoms with E-state index >= 15 is 0 Å². The predicted octanol–water partition coefficient (Wildman–Crippen LogP) is 4.97. The number of rotatable bonds is 4. The molecule has 0 fully saturated rings. The zero-order valence-corrected chi connectivity index (χ0v) is 16.2.